The highest BCUT2D eigenvalue weighted by atomic mass is 16.3. The first-order valence-electron chi connectivity index (χ1n) is 18.7. The Labute approximate surface area is 317 Å². The molecule has 2 heterocycles. The van der Waals surface area contributed by atoms with Gasteiger partial charge in [0.1, 0.15) is 11.2 Å². The first-order chi connectivity index (χ1) is 27.3. The van der Waals surface area contributed by atoms with Crippen molar-refractivity contribution in [2.45, 2.75) is 0 Å². The van der Waals surface area contributed by atoms with E-state index in [4.69, 9.17) is 14.4 Å². The van der Waals surface area contributed by atoms with E-state index in [2.05, 4.69) is 182 Å². The van der Waals surface area contributed by atoms with Gasteiger partial charge < -0.3 is 4.42 Å². The topological polar surface area (TPSA) is 38.9 Å². The second kappa shape index (κ2) is 12.6. The van der Waals surface area contributed by atoms with E-state index in [1.807, 2.05) is 12.1 Å². The predicted octanol–water partition coefficient (Wildman–Crippen LogP) is 14.2. The van der Waals surface area contributed by atoms with Crippen molar-refractivity contribution >= 4 is 54.3 Å². The molecule has 256 valence electrons. The number of para-hydroxylation sites is 1. The Morgan fingerprint density at radius 2 is 0.873 bits per heavy atom. The molecule has 0 radical (unpaired) electrons. The zero-order valence-corrected chi connectivity index (χ0v) is 29.8. The largest absolute Gasteiger partial charge is 0.456 e. The van der Waals surface area contributed by atoms with Crippen LogP contribution < -0.4 is 0 Å². The molecule has 0 fully saturated rings. The first-order valence-corrected chi connectivity index (χ1v) is 18.7. The molecule has 2 aromatic heterocycles. The lowest BCUT2D eigenvalue weighted by Crippen LogP contribution is -1.99. The summed E-state index contributed by atoms with van der Waals surface area (Å²) in [5.74, 6) is 0.690. The highest BCUT2D eigenvalue weighted by Gasteiger charge is 2.20. The lowest BCUT2D eigenvalue weighted by molar-refractivity contribution is 0.669. The van der Waals surface area contributed by atoms with Crippen LogP contribution in [-0.4, -0.2) is 9.97 Å². The van der Waals surface area contributed by atoms with E-state index in [0.717, 1.165) is 88.4 Å². The van der Waals surface area contributed by atoms with Crippen LogP contribution in [0.5, 0.6) is 0 Å². The zero-order chi connectivity index (χ0) is 36.3. The highest BCUT2D eigenvalue weighted by Crippen LogP contribution is 2.42. The molecule has 0 saturated heterocycles. The van der Waals surface area contributed by atoms with Crippen LogP contribution in [0, 0.1) is 0 Å². The average molecular weight is 701 g/mol. The van der Waals surface area contributed by atoms with Gasteiger partial charge in [0.15, 0.2) is 5.82 Å². The van der Waals surface area contributed by atoms with Crippen molar-refractivity contribution in [2.24, 2.45) is 0 Å². The number of furan rings is 1. The summed E-state index contributed by atoms with van der Waals surface area (Å²) in [6.07, 6.45) is 0. The van der Waals surface area contributed by atoms with E-state index in [1.54, 1.807) is 0 Å². The number of rotatable bonds is 5. The molecule has 0 aliphatic rings. The summed E-state index contributed by atoms with van der Waals surface area (Å²) in [6.45, 7) is 0. The van der Waals surface area contributed by atoms with Crippen molar-refractivity contribution in [2.75, 3.05) is 0 Å². The number of aromatic nitrogens is 2. The fourth-order valence-corrected chi connectivity index (χ4v) is 8.32. The van der Waals surface area contributed by atoms with Crippen molar-refractivity contribution < 1.29 is 4.42 Å². The molecule has 3 heteroatoms. The maximum absolute atomic E-state index is 6.36. The Morgan fingerprint density at radius 3 is 1.64 bits per heavy atom. The second-order valence-corrected chi connectivity index (χ2v) is 14.1. The van der Waals surface area contributed by atoms with Gasteiger partial charge in [-0.25, -0.2) is 9.97 Å². The predicted molar refractivity (Wildman–Crippen MR) is 229 cm³/mol. The minimum absolute atomic E-state index is 0.690. The van der Waals surface area contributed by atoms with Gasteiger partial charge in [-0.2, -0.15) is 0 Å². The van der Waals surface area contributed by atoms with Crippen molar-refractivity contribution in [1.82, 2.24) is 9.97 Å². The summed E-state index contributed by atoms with van der Waals surface area (Å²) in [7, 11) is 0. The molecular formula is C52H32N2O. The van der Waals surface area contributed by atoms with Crippen LogP contribution in [0.4, 0.5) is 0 Å². The van der Waals surface area contributed by atoms with Crippen molar-refractivity contribution in [3.8, 4) is 56.2 Å². The van der Waals surface area contributed by atoms with E-state index in [9.17, 15) is 0 Å². The third-order valence-electron chi connectivity index (χ3n) is 10.9. The van der Waals surface area contributed by atoms with Crippen molar-refractivity contribution in [1.29, 1.82) is 0 Å². The van der Waals surface area contributed by atoms with Crippen LogP contribution in [0.15, 0.2) is 199 Å². The fraction of sp³-hybridized carbons (Fsp3) is 0. The molecule has 0 N–H and O–H groups in total. The van der Waals surface area contributed by atoms with Crippen LogP contribution in [0.25, 0.3) is 110 Å². The number of hydrogen-bond acceptors (Lipinski definition) is 3. The Bertz CT molecular complexity index is 3270. The van der Waals surface area contributed by atoms with Crippen LogP contribution in [0.2, 0.25) is 0 Å². The smallest absolute Gasteiger partial charge is 0.161 e. The Morgan fingerprint density at radius 1 is 0.309 bits per heavy atom. The lowest BCUT2D eigenvalue weighted by atomic mass is 9.92. The van der Waals surface area contributed by atoms with Crippen LogP contribution in [0.1, 0.15) is 0 Å². The summed E-state index contributed by atoms with van der Waals surface area (Å²) in [5, 5.41) is 9.23. The molecule has 0 atom stereocenters. The van der Waals surface area contributed by atoms with Gasteiger partial charge >= 0.3 is 0 Å². The molecule has 0 unspecified atom stereocenters. The Balaban J connectivity index is 1.20. The fourth-order valence-electron chi connectivity index (χ4n) is 8.32. The molecule has 0 aliphatic carbocycles. The first kappa shape index (κ1) is 31.2. The third kappa shape index (κ3) is 5.20. The molecule has 11 rings (SSSR count). The molecule has 0 spiro atoms. The number of nitrogens with zero attached hydrogens (tertiary/aromatic N) is 2. The highest BCUT2D eigenvalue weighted by molar-refractivity contribution is 6.19. The van der Waals surface area contributed by atoms with E-state index in [1.165, 1.54) is 16.2 Å². The SMILES string of the molecule is c1ccc(-c2ccccc2-c2cc(-c3ccccc3-c3ccc4c(c3)oc3ccccc34)nc(-c3c4ccccc4cc4c3ccc3ccccc34)n2)cc1. The number of fused-ring (bicyclic) bond motifs is 7. The van der Waals surface area contributed by atoms with E-state index in [-0.39, 0.29) is 0 Å². The Hall–Kier alpha value is -7.36. The number of hydrogen-bond donors (Lipinski definition) is 0. The normalized spacial score (nSPS) is 11.6. The molecule has 55 heavy (non-hydrogen) atoms. The summed E-state index contributed by atoms with van der Waals surface area (Å²) in [5.41, 5.74) is 11.0. The van der Waals surface area contributed by atoms with Crippen LogP contribution >= 0.6 is 0 Å². The minimum Gasteiger partial charge on any atom is -0.456 e. The van der Waals surface area contributed by atoms with Gasteiger partial charge in [0.05, 0.1) is 11.4 Å². The van der Waals surface area contributed by atoms with Gasteiger partial charge in [-0.05, 0) is 84.9 Å². The number of benzene rings is 9. The lowest BCUT2D eigenvalue weighted by Gasteiger charge is -2.17. The van der Waals surface area contributed by atoms with Gasteiger partial charge in [-0.3, -0.25) is 0 Å². The summed E-state index contributed by atoms with van der Waals surface area (Å²) >= 11 is 0. The minimum atomic E-state index is 0.690. The monoisotopic (exact) mass is 700 g/mol. The van der Waals surface area contributed by atoms with Gasteiger partial charge in [0, 0.05) is 27.5 Å². The van der Waals surface area contributed by atoms with E-state index < -0.39 is 0 Å². The standard InChI is InChI=1S/C52H32N2O/c1-2-14-33(15-3-1)37-18-8-10-22-41(37)47-32-48(42-23-11-9-20-39(42)36-27-28-44-43-24-12-13-25-49(43)55-50(44)31-36)54-52(53-47)51-40-21-7-5-17-35(40)30-46-38-19-6-4-16-34(38)26-29-45(46)51/h1-32H. The molecule has 11 aromatic rings. The van der Waals surface area contributed by atoms with Crippen molar-refractivity contribution in [3.63, 3.8) is 0 Å². The quantitative estimate of drug-likeness (QED) is 0.133. The van der Waals surface area contributed by atoms with Crippen LogP contribution in [0.3, 0.4) is 0 Å². The van der Waals surface area contributed by atoms with Crippen molar-refractivity contribution in [3.05, 3.63) is 194 Å². The summed E-state index contributed by atoms with van der Waals surface area (Å²) in [4.78, 5) is 11.0. The summed E-state index contributed by atoms with van der Waals surface area (Å²) < 4.78 is 6.36. The van der Waals surface area contributed by atoms with E-state index in [0.29, 0.717) is 5.82 Å². The van der Waals surface area contributed by atoms with Gasteiger partial charge in [0.2, 0.25) is 0 Å². The zero-order valence-electron chi connectivity index (χ0n) is 29.8. The van der Waals surface area contributed by atoms with Gasteiger partial charge in [0.25, 0.3) is 0 Å². The average Bonchev–Trinajstić information content (AvgIpc) is 3.64. The molecule has 0 amide bonds. The Kier molecular flexibility index (Phi) is 7.17. The van der Waals surface area contributed by atoms with Crippen LogP contribution in [-0.2, 0) is 0 Å². The third-order valence-corrected chi connectivity index (χ3v) is 10.9. The summed E-state index contributed by atoms with van der Waals surface area (Å²) in [6, 6.07) is 68.5. The molecule has 9 aromatic carbocycles. The van der Waals surface area contributed by atoms with Gasteiger partial charge in [-0.1, -0.05) is 164 Å². The second-order valence-electron chi connectivity index (χ2n) is 14.1. The van der Waals surface area contributed by atoms with Gasteiger partial charge in [-0.15, -0.1) is 0 Å². The molecular weight excluding hydrogens is 669 g/mol. The molecule has 0 aliphatic heterocycles. The van der Waals surface area contributed by atoms with E-state index >= 15 is 0 Å². The molecule has 0 saturated carbocycles. The maximum Gasteiger partial charge on any atom is 0.161 e. The molecule has 0 bridgehead atoms. The maximum atomic E-state index is 6.36. The molecule has 3 nitrogen and oxygen atoms in total.